The summed E-state index contributed by atoms with van der Waals surface area (Å²) in [5.41, 5.74) is 2.38. The van der Waals surface area contributed by atoms with Gasteiger partial charge in [-0.25, -0.2) is 0 Å². The Morgan fingerprint density at radius 2 is 2.16 bits per heavy atom. The number of para-hydroxylation sites is 1. The van der Waals surface area contributed by atoms with Crippen molar-refractivity contribution in [3.63, 3.8) is 0 Å². The van der Waals surface area contributed by atoms with E-state index >= 15 is 0 Å². The van der Waals surface area contributed by atoms with E-state index in [1.807, 2.05) is 14.0 Å². The molecule has 1 unspecified atom stereocenters. The van der Waals surface area contributed by atoms with E-state index in [2.05, 4.69) is 40.6 Å². The van der Waals surface area contributed by atoms with Crippen molar-refractivity contribution in [1.82, 2.24) is 5.32 Å². The molecule has 0 amide bonds. The molecule has 3 nitrogen and oxygen atoms in total. The van der Waals surface area contributed by atoms with Crippen LogP contribution in [0.25, 0.3) is 0 Å². The van der Waals surface area contributed by atoms with Crippen LogP contribution in [0.2, 0.25) is 0 Å². The summed E-state index contributed by atoms with van der Waals surface area (Å²) >= 11 is 0. The highest BCUT2D eigenvalue weighted by Crippen LogP contribution is 2.26. The van der Waals surface area contributed by atoms with E-state index in [1.165, 1.54) is 30.5 Å². The first-order valence-corrected chi connectivity index (χ1v) is 7.11. The van der Waals surface area contributed by atoms with E-state index < -0.39 is 5.54 Å². The van der Waals surface area contributed by atoms with Gasteiger partial charge in [0, 0.05) is 18.8 Å². The average Bonchev–Trinajstić information content (AvgIpc) is 2.67. The maximum absolute atomic E-state index is 9.23. The zero-order chi connectivity index (χ0) is 13.7. The van der Waals surface area contributed by atoms with Crippen LogP contribution >= 0.6 is 0 Å². The Kier molecular flexibility index (Phi) is 4.44. The van der Waals surface area contributed by atoms with Crippen LogP contribution in [-0.4, -0.2) is 25.7 Å². The van der Waals surface area contributed by atoms with E-state index in [4.69, 9.17) is 0 Å². The molecule has 0 spiro atoms. The van der Waals surface area contributed by atoms with Crippen LogP contribution < -0.4 is 10.2 Å². The highest BCUT2D eigenvalue weighted by atomic mass is 15.1. The van der Waals surface area contributed by atoms with Crippen LogP contribution in [0.4, 0.5) is 5.69 Å². The molecule has 1 aliphatic rings. The third-order valence-corrected chi connectivity index (χ3v) is 4.14. The van der Waals surface area contributed by atoms with E-state index in [0.29, 0.717) is 0 Å². The lowest BCUT2D eigenvalue weighted by molar-refractivity contribution is 0.453. The second-order valence-corrected chi connectivity index (χ2v) is 5.52. The van der Waals surface area contributed by atoms with Gasteiger partial charge in [-0.3, -0.25) is 0 Å². The van der Waals surface area contributed by atoms with Crippen molar-refractivity contribution in [1.29, 1.82) is 5.26 Å². The number of benzene rings is 1. The predicted molar refractivity (Wildman–Crippen MR) is 79.3 cm³/mol. The quantitative estimate of drug-likeness (QED) is 0.901. The number of aryl methyl sites for hydroxylation is 1. The molecule has 1 atom stereocenters. The van der Waals surface area contributed by atoms with Crippen LogP contribution in [0.1, 0.15) is 31.7 Å². The van der Waals surface area contributed by atoms with Crippen molar-refractivity contribution in [2.75, 3.05) is 25.0 Å². The summed E-state index contributed by atoms with van der Waals surface area (Å²) in [6, 6.07) is 11.0. The van der Waals surface area contributed by atoms with Crippen LogP contribution in [-0.2, 0) is 6.42 Å². The molecule has 1 N–H and O–H groups in total. The number of nitriles is 1. The fraction of sp³-hybridized carbons (Fsp3) is 0.562. The minimum atomic E-state index is -0.429. The van der Waals surface area contributed by atoms with Gasteiger partial charge in [0.1, 0.15) is 5.54 Å². The minimum absolute atomic E-state index is 0.429. The molecule has 1 aromatic rings. The molecule has 1 heterocycles. The minimum Gasteiger partial charge on any atom is -0.371 e. The first-order chi connectivity index (χ1) is 9.18. The van der Waals surface area contributed by atoms with Gasteiger partial charge in [-0.2, -0.15) is 5.26 Å². The van der Waals surface area contributed by atoms with Crippen molar-refractivity contribution in [2.45, 2.75) is 38.1 Å². The zero-order valence-electron chi connectivity index (χ0n) is 11.9. The molecule has 0 aromatic heterocycles. The molecule has 0 bridgehead atoms. The molecular weight excluding hydrogens is 234 g/mol. The van der Waals surface area contributed by atoms with Crippen LogP contribution in [0.15, 0.2) is 24.3 Å². The number of anilines is 1. The summed E-state index contributed by atoms with van der Waals surface area (Å²) in [6.45, 7) is 4.00. The summed E-state index contributed by atoms with van der Waals surface area (Å²) in [6.07, 6.45) is 4.51. The van der Waals surface area contributed by atoms with Crippen LogP contribution in [0.3, 0.4) is 0 Å². The number of fused-ring (bicyclic) bond motifs is 1. The van der Waals surface area contributed by atoms with Gasteiger partial charge in [0.15, 0.2) is 0 Å². The lowest BCUT2D eigenvalue weighted by Crippen LogP contribution is -2.42. The second-order valence-electron chi connectivity index (χ2n) is 5.52. The summed E-state index contributed by atoms with van der Waals surface area (Å²) in [4.78, 5) is 2.44. The van der Waals surface area contributed by atoms with Gasteiger partial charge in [-0.1, -0.05) is 18.2 Å². The molecule has 1 aliphatic heterocycles. The summed E-state index contributed by atoms with van der Waals surface area (Å²) in [5.74, 6) is 0. The fourth-order valence-electron chi connectivity index (χ4n) is 2.60. The van der Waals surface area contributed by atoms with Gasteiger partial charge in [0.25, 0.3) is 0 Å². The molecule has 0 saturated heterocycles. The van der Waals surface area contributed by atoms with Gasteiger partial charge in [0.2, 0.25) is 0 Å². The molecular formula is C16H23N3. The van der Waals surface area contributed by atoms with Crippen molar-refractivity contribution in [2.24, 2.45) is 0 Å². The SMILES string of the molecule is CNC(C)(C#N)CCN1CCCCc2ccccc21. The Hall–Kier alpha value is -1.53. The summed E-state index contributed by atoms with van der Waals surface area (Å²) in [5, 5.41) is 12.4. The van der Waals surface area contributed by atoms with Gasteiger partial charge in [-0.15, -0.1) is 0 Å². The maximum atomic E-state index is 9.23. The monoisotopic (exact) mass is 257 g/mol. The van der Waals surface area contributed by atoms with Crippen molar-refractivity contribution >= 4 is 5.69 Å². The Labute approximate surface area is 116 Å². The second kappa shape index (κ2) is 6.08. The summed E-state index contributed by atoms with van der Waals surface area (Å²) < 4.78 is 0. The zero-order valence-corrected chi connectivity index (χ0v) is 11.9. The highest BCUT2D eigenvalue weighted by Gasteiger charge is 2.23. The van der Waals surface area contributed by atoms with Gasteiger partial charge < -0.3 is 10.2 Å². The smallest absolute Gasteiger partial charge is 0.105 e. The third-order valence-electron chi connectivity index (χ3n) is 4.14. The lowest BCUT2D eigenvalue weighted by atomic mass is 9.99. The van der Waals surface area contributed by atoms with Crippen molar-refractivity contribution < 1.29 is 0 Å². The maximum Gasteiger partial charge on any atom is 0.105 e. The lowest BCUT2D eigenvalue weighted by Gasteiger charge is -2.29. The van der Waals surface area contributed by atoms with E-state index in [9.17, 15) is 5.26 Å². The van der Waals surface area contributed by atoms with E-state index in [1.54, 1.807) is 0 Å². The standard InChI is InChI=1S/C16H23N3/c1-16(13-17,18-2)10-12-19-11-6-5-8-14-7-3-4-9-15(14)19/h3-4,7,9,18H,5-6,8,10-12H2,1-2H3. The third kappa shape index (κ3) is 3.27. The number of nitrogens with zero attached hydrogens (tertiary/aromatic N) is 2. The Bertz CT molecular complexity index is 463. The first-order valence-electron chi connectivity index (χ1n) is 7.11. The number of nitrogens with one attached hydrogen (secondary N) is 1. The molecule has 19 heavy (non-hydrogen) atoms. The molecule has 1 aromatic carbocycles. The largest absolute Gasteiger partial charge is 0.371 e. The molecule has 0 saturated carbocycles. The topological polar surface area (TPSA) is 39.1 Å². The molecule has 0 fully saturated rings. The van der Waals surface area contributed by atoms with Gasteiger partial charge >= 0.3 is 0 Å². The Morgan fingerprint density at radius 1 is 1.37 bits per heavy atom. The molecule has 3 heteroatoms. The molecule has 2 rings (SSSR count). The summed E-state index contributed by atoms with van der Waals surface area (Å²) in [7, 11) is 1.86. The normalized spacial score (nSPS) is 18.1. The van der Waals surface area contributed by atoms with Crippen LogP contribution in [0, 0.1) is 11.3 Å². The predicted octanol–water partition coefficient (Wildman–Crippen LogP) is 2.72. The molecule has 0 aliphatic carbocycles. The van der Waals surface area contributed by atoms with Gasteiger partial charge in [-0.05, 0) is 51.3 Å². The van der Waals surface area contributed by atoms with Crippen LogP contribution in [0.5, 0.6) is 0 Å². The number of hydrogen-bond donors (Lipinski definition) is 1. The number of rotatable bonds is 4. The Morgan fingerprint density at radius 3 is 2.89 bits per heavy atom. The highest BCUT2D eigenvalue weighted by molar-refractivity contribution is 5.54. The Balaban J connectivity index is 2.11. The van der Waals surface area contributed by atoms with Crippen molar-refractivity contribution in [3.8, 4) is 6.07 Å². The van der Waals surface area contributed by atoms with Gasteiger partial charge in [0.05, 0.1) is 6.07 Å². The van der Waals surface area contributed by atoms with E-state index in [-0.39, 0.29) is 0 Å². The molecule has 102 valence electrons. The first kappa shape index (κ1) is 13.9. The number of hydrogen-bond acceptors (Lipinski definition) is 3. The molecule has 0 radical (unpaired) electrons. The fourth-order valence-corrected chi connectivity index (χ4v) is 2.60. The van der Waals surface area contributed by atoms with E-state index in [0.717, 1.165) is 19.5 Å². The average molecular weight is 257 g/mol. The van der Waals surface area contributed by atoms with Crippen molar-refractivity contribution in [3.05, 3.63) is 29.8 Å².